The Morgan fingerprint density at radius 3 is 2.50 bits per heavy atom. The Kier molecular flexibility index (Phi) is 8.00. The van der Waals surface area contributed by atoms with Crippen molar-refractivity contribution in [3.63, 3.8) is 0 Å². The predicted octanol–water partition coefficient (Wildman–Crippen LogP) is 5.19. The van der Waals surface area contributed by atoms with Crippen LogP contribution >= 0.6 is 12.2 Å². The number of benzene rings is 2. The summed E-state index contributed by atoms with van der Waals surface area (Å²) in [7, 11) is -2.00. The van der Waals surface area contributed by atoms with Crippen molar-refractivity contribution in [2.45, 2.75) is 63.7 Å². The van der Waals surface area contributed by atoms with E-state index in [1.54, 1.807) is 13.3 Å². The fraction of sp³-hybridized carbons (Fsp3) is 0.407. The van der Waals surface area contributed by atoms with Gasteiger partial charge in [-0.15, -0.1) is 0 Å². The van der Waals surface area contributed by atoms with Gasteiger partial charge in [0.25, 0.3) is 0 Å². The average molecular weight is 527 g/mol. The lowest BCUT2D eigenvalue weighted by Gasteiger charge is -2.27. The minimum Gasteiger partial charge on any atom is -0.497 e. The Morgan fingerprint density at radius 2 is 1.89 bits per heavy atom. The minimum atomic E-state index is -3.63. The van der Waals surface area contributed by atoms with Gasteiger partial charge in [-0.3, -0.25) is 0 Å². The van der Waals surface area contributed by atoms with Gasteiger partial charge in [0.05, 0.1) is 31.3 Å². The van der Waals surface area contributed by atoms with Crippen molar-refractivity contribution in [2.75, 3.05) is 12.4 Å². The molecular weight excluding hydrogens is 492 g/mol. The third-order valence-corrected chi connectivity index (χ3v) is 8.17. The molecule has 192 valence electrons. The van der Waals surface area contributed by atoms with Crippen LogP contribution < -0.4 is 10.1 Å². The van der Waals surface area contributed by atoms with Crippen LogP contribution in [-0.4, -0.2) is 41.1 Å². The zero-order valence-electron chi connectivity index (χ0n) is 21.3. The number of aromatic nitrogens is 2. The van der Waals surface area contributed by atoms with Gasteiger partial charge in [0.2, 0.25) is 15.0 Å². The number of ether oxygens (including phenoxy) is 1. The lowest BCUT2D eigenvalue weighted by atomic mass is 10.1. The molecule has 1 aliphatic carbocycles. The van der Waals surface area contributed by atoms with E-state index in [0.29, 0.717) is 24.2 Å². The van der Waals surface area contributed by atoms with Crippen LogP contribution in [0.15, 0.2) is 59.9 Å². The van der Waals surface area contributed by atoms with Crippen LogP contribution in [0.4, 0.5) is 5.69 Å². The Labute approximate surface area is 219 Å². The van der Waals surface area contributed by atoms with E-state index in [-0.39, 0.29) is 16.8 Å². The van der Waals surface area contributed by atoms with E-state index in [0.717, 1.165) is 41.1 Å². The fourth-order valence-corrected chi connectivity index (χ4v) is 6.10. The number of aryl methyl sites for hydroxylation is 1. The standard InChI is InChI=1S/C27H34N4O3S2/c1-19(2)16-31-24(15-28-27(31)36(32,33)18-21-8-6-5-7-20(21)3)17-30(23-11-12-23)26(35)29-22-9-13-25(34-4)14-10-22/h5-10,13-15,19,23H,11-12,16-18H2,1-4H3,(H,29,35). The van der Waals surface area contributed by atoms with Crippen molar-refractivity contribution in [3.8, 4) is 5.75 Å². The number of methoxy groups -OCH3 is 1. The topological polar surface area (TPSA) is 76.5 Å². The normalized spacial score (nSPS) is 13.6. The molecule has 9 heteroatoms. The third kappa shape index (κ3) is 6.25. The van der Waals surface area contributed by atoms with Crippen molar-refractivity contribution >= 4 is 32.9 Å². The number of hydrogen-bond donors (Lipinski definition) is 1. The number of anilines is 1. The van der Waals surface area contributed by atoms with Gasteiger partial charge in [0.15, 0.2) is 5.11 Å². The van der Waals surface area contributed by atoms with Crippen molar-refractivity contribution in [1.82, 2.24) is 14.5 Å². The van der Waals surface area contributed by atoms with Crippen molar-refractivity contribution < 1.29 is 13.2 Å². The first-order valence-electron chi connectivity index (χ1n) is 12.2. The van der Waals surface area contributed by atoms with Gasteiger partial charge >= 0.3 is 0 Å². The molecule has 2 aromatic carbocycles. The second-order valence-electron chi connectivity index (χ2n) is 9.74. The van der Waals surface area contributed by atoms with Gasteiger partial charge in [0, 0.05) is 18.3 Å². The summed E-state index contributed by atoms with van der Waals surface area (Å²) in [4.78, 5) is 6.58. The van der Waals surface area contributed by atoms with Crippen LogP contribution in [0.5, 0.6) is 5.75 Å². The second kappa shape index (κ2) is 11.0. The van der Waals surface area contributed by atoms with Gasteiger partial charge in [-0.1, -0.05) is 38.1 Å². The van der Waals surface area contributed by atoms with Gasteiger partial charge in [-0.25, -0.2) is 13.4 Å². The highest BCUT2D eigenvalue weighted by atomic mass is 32.2. The molecule has 7 nitrogen and oxygen atoms in total. The first-order chi connectivity index (χ1) is 17.2. The number of sulfone groups is 1. The molecule has 0 unspecified atom stereocenters. The number of rotatable bonds is 10. The number of nitrogens with zero attached hydrogens (tertiary/aromatic N) is 3. The highest BCUT2D eigenvalue weighted by Gasteiger charge is 2.33. The maximum absolute atomic E-state index is 13.5. The molecule has 0 bridgehead atoms. The van der Waals surface area contributed by atoms with Crippen LogP contribution in [-0.2, 0) is 28.7 Å². The molecular formula is C27H34N4O3S2. The second-order valence-corrected chi connectivity index (χ2v) is 12.0. The first kappa shape index (κ1) is 26.2. The molecule has 0 spiro atoms. The SMILES string of the molecule is COc1ccc(NC(=S)N(Cc2cnc(S(=O)(=O)Cc3ccccc3C)n2CC(C)C)C2CC2)cc1. The molecule has 1 aliphatic rings. The molecule has 1 aromatic heterocycles. The Balaban J connectivity index is 1.59. The lowest BCUT2D eigenvalue weighted by molar-refractivity contribution is 0.380. The number of imidazole rings is 1. The summed E-state index contributed by atoms with van der Waals surface area (Å²) >= 11 is 5.78. The largest absolute Gasteiger partial charge is 0.497 e. The number of hydrogen-bond acceptors (Lipinski definition) is 5. The summed E-state index contributed by atoms with van der Waals surface area (Å²) in [5.74, 6) is 0.963. The predicted molar refractivity (Wildman–Crippen MR) is 147 cm³/mol. The van der Waals surface area contributed by atoms with E-state index in [9.17, 15) is 8.42 Å². The van der Waals surface area contributed by atoms with Crippen LogP contribution in [0.25, 0.3) is 0 Å². The highest BCUT2D eigenvalue weighted by molar-refractivity contribution is 7.90. The van der Waals surface area contributed by atoms with Gasteiger partial charge in [0.1, 0.15) is 5.75 Å². The Bertz CT molecular complexity index is 1310. The molecule has 1 saturated carbocycles. The van der Waals surface area contributed by atoms with Crippen LogP contribution in [0, 0.1) is 12.8 Å². The first-order valence-corrected chi connectivity index (χ1v) is 14.3. The van der Waals surface area contributed by atoms with Crippen molar-refractivity contribution in [3.05, 3.63) is 71.5 Å². The monoisotopic (exact) mass is 526 g/mol. The van der Waals surface area contributed by atoms with E-state index < -0.39 is 9.84 Å². The fourth-order valence-electron chi connectivity index (χ4n) is 4.17. The molecule has 1 fully saturated rings. The molecule has 0 amide bonds. The van der Waals surface area contributed by atoms with Crippen LogP contribution in [0.2, 0.25) is 0 Å². The maximum atomic E-state index is 13.5. The molecule has 4 rings (SSSR count). The summed E-state index contributed by atoms with van der Waals surface area (Å²) in [6.45, 7) is 7.15. The van der Waals surface area contributed by atoms with Gasteiger partial charge in [-0.2, -0.15) is 0 Å². The van der Waals surface area contributed by atoms with Crippen molar-refractivity contribution in [1.29, 1.82) is 0 Å². The Morgan fingerprint density at radius 1 is 1.19 bits per heavy atom. The average Bonchev–Trinajstić information content (AvgIpc) is 3.60. The lowest BCUT2D eigenvalue weighted by Crippen LogP contribution is -2.36. The molecule has 0 saturated heterocycles. The third-order valence-electron chi connectivity index (χ3n) is 6.26. The van der Waals surface area contributed by atoms with Gasteiger partial charge in [-0.05, 0) is 73.3 Å². The Hall–Kier alpha value is -2.91. The minimum absolute atomic E-state index is 0.0714. The van der Waals surface area contributed by atoms with Crippen LogP contribution in [0.1, 0.15) is 43.5 Å². The van der Waals surface area contributed by atoms with Gasteiger partial charge < -0.3 is 19.5 Å². The summed E-state index contributed by atoms with van der Waals surface area (Å²) in [5, 5.41) is 4.06. The summed E-state index contributed by atoms with van der Waals surface area (Å²) < 4.78 is 34.1. The quantitative estimate of drug-likeness (QED) is 0.364. The molecule has 0 atom stereocenters. The van der Waals surface area contributed by atoms with E-state index in [1.807, 2.05) is 60.0 Å². The molecule has 3 aromatic rings. The molecule has 1 heterocycles. The van der Waals surface area contributed by atoms with Crippen molar-refractivity contribution in [2.24, 2.45) is 5.92 Å². The van der Waals surface area contributed by atoms with E-state index >= 15 is 0 Å². The molecule has 0 aliphatic heterocycles. The molecule has 36 heavy (non-hydrogen) atoms. The van der Waals surface area contributed by atoms with Crippen LogP contribution in [0.3, 0.4) is 0 Å². The summed E-state index contributed by atoms with van der Waals surface area (Å²) in [5.41, 5.74) is 3.47. The van der Waals surface area contributed by atoms with E-state index in [4.69, 9.17) is 17.0 Å². The zero-order valence-corrected chi connectivity index (χ0v) is 22.9. The smallest absolute Gasteiger partial charge is 0.228 e. The number of nitrogens with one attached hydrogen (secondary N) is 1. The maximum Gasteiger partial charge on any atom is 0.228 e. The summed E-state index contributed by atoms with van der Waals surface area (Å²) in [6.07, 6.45) is 3.81. The zero-order chi connectivity index (χ0) is 25.9. The highest BCUT2D eigenvalue weighted by Crippen LogP contribution is 2.30. The number of thiocarbonyl (C=S) groups is 1. The van der Waals surface area contributed by atoms with E-state index in [1.165, 1.54) is 0 Å². The van der Waals surface area contributed by atoms with E-state index in [2.05, 4.69) is 29.0 Å². The molecule has 0 radical (unpaired) electrons. The molecule has 1 N–H and O–H groups in total. The summed E-state index contributed by atoms with van der Waals surface area (Å²) in [6, 6.07) is 15.5.